The SMILES string of the molecule is CCCN(C(=O)c1noc(C(F)(F)F)n1)C(=O)[C@@H](C(N)=O)S(=O)(=O)CC1CC1. The molecule has 2 N–H and O–H groups in total. The lowest BCUT2D eigenvalue weighted by Gasteiger charge is -2.23. The van der Waals surface area contributed by atoms with Gasteiger partial charge in [-0.05, 0) is 25.2 Å². The van der Waals surface area contributed by atoms with Crippen LogP contribution in [0.4, 0.5) is 13.2 Å². The van der Waals surface area contributed by atoms with Gasteiger partial charge < -0.3 is 10.3 Å². The van der Waals surface area contributed by atoms with Gasteiger partial charge in [-0.1, -0.05) is 12.1 Å². The summed E-state index contributed by atoms with van der Waals surface area (Å²) in [6.07, 6.45) is -3.68. The summed E-state index contributed by atoms with van der Waals surface area (Å²) in [5.74, 6) is -7.95. The van der Waals surface area contributed by atoms with E-state index in [0.29, 0.717) is 17.7 Å². The molecule has 156 valence electrons. The normalized spacial score (nSPS) is 15.9. The van der Waals surface area contributed by atoms with Gasteiger partial charge in [-0.2, -0.15) is 18.2 Å². The van der Waals surface area contributed by atoms with E-state index in [1.165, 1.54) is 6.92 Å². The van der Waals surface area contributed by atoms with E-state index in [1.54, 1.807) is 0 Å². The fourth-order valence-corrected chi connectivity index (χ4v) is 4.36. The summed E-state index contributed by atoms with van der Waals surface area (Å²) in [6, 6.07) is 0. The molecule has 28 heavy (non-hydrogen) atoms. The molecule has 0 unspecified atom stereocenters. The second-order valence-corrected chi connectivity index (χ2v) is 8.40. The van der Waals surface area contributed by atoms with E-state index in [-0.39, 0.29) is 12.3 Å². The smallest absolute Gasteiger partial charge is 0.368 e. The highest BCUT2D eigenvalue weighted by Gasteiger charge is 2.46. The molecule has 0 spiro atoms. The molecule has 0 radical (unpaired) electrons. The van der Waals surface area contributed by atoms with Crippen LogP contribution in [0.15, 0.2) is 4.52 Å². The van der Waals surface area contributed by atoms with Crippen LogP contribution in [0.25, 0.3) is 0 Å². The van der Waals surface area contributed by atoms with Crippen LogP contribution in [0.1, 0.15) is 42.7 Å². The quantitative estimate of drug-likeness (QED) is 0.576. The number of amides is 3. The lowest BCUT2D eigenvalue weighted by Crippen LogP contribution is -2.52. The zero-order chi connectivity index (χ0) is 21.3. The van der Waals surface area contributed by atoms with Crippen LogP contribution in [0.2, 0.25) is 0 Å². The Balaban J connectivity index is 2.34. The Bertz CT molecular complexity index is 878. The molecule has 1 atom stereocenters. The summed E-state index contributed by atoms with van der Waals surface area (Å²) in [6.45, 7) is 1.12. The first-order chi connectivity index (χ1) is 12.9. The van der Waals surface area contributed by atoms with Crippen molar-refractivity contribution in [1.29, 1.82) is 0 Å². The van der Waals surface area contributed by atoms with E-state index >= 15 is 0 Å². The van der Waals surface area contributed by atoms with Gasteiger partial charge >= 0.3 is 18.0 Å². The maximum Gasteiger partial charge on any atom is 0.471 e. The Hall–Kier alpha value is -2.51. The molecule has 1 aromatic rings. The van der Waals surface area contributed by atoms with Gasteiger partial charge in [-0.15, -0.1) is 0 Å². The first-order valence-electron chi connectivity index (χ1n) is 8.16. The molecular weight excluding hydrogens is 409 g/mol. The van der Waals surface area contributed by atoms with Gasteiger partial charge in [0, 0.05) is 6.54 Å². The average molecular weight is 426 g/mol. The Morgan fingerprint density at radius 2 is 1.93 bits per heavy atom. The largest absolute Gasteiger partial charge is 0.471 e. The number of primary amides is 1. The summed E-state index contributed by atoms with van der Waals surface area (Å²) < 4.78 is 66.4. The molecule has 0 aromatic carbocycles. The van der Waals surface area contributed by atoms with Gasteiger partial charge in [0.15, 0.2) is 9.84 Å². The lowest BCUT2D eigenvalue weighted by atomic mass is 10.3. The molecule has 1 aromatic heterocycles. The maximum atomic E-state index is 12.7. The van der Waals surface area contributed by atoms with Crippen molar-refractivity contribution in [3.63, 3.8) is 0 Å². The van der Waals surface area contributed by atoms with E-state index in [2.05, 4.69) is 14.7 Å². The molecule has 0 saturated heterocycles. The number of imide groups is 1. The van der Waals surface area contributed by atoms with Crippen LogP contribution in [0, 0.1) is 5.92 Å². The standard InChI is InChI=1S/C14H17F3N4O6S/c1-2-5-21(12(24)10-19-13(27-20-10)14(15,16)17)11(23)8(9(18)22)28(25,26)6-7-3-4-7/h7-8H,2-6H2,1H3,(H2,18,22)/t8-/m1/s1. The molecule has 1 heterocycles. The number of carbonyl (C=O) groups is 3. The molecule has 0 bridgehead atoms. The van der Waals surface area contributed by atoms with E-state index in [9.17, 15) is 36.0 Å². The third-order valence-corrected chi connectivity index (χ3v) is 5.91. The topological polar surface area (TPSA) is 154 Å². The summed E-state index contributed by atoms with van der Waals surface area (Å²) in [4.78, 5) is 39.9. The number of rotatable bonds is 8. The molecule has 14 heteroatoms. The summed E-state index contributed by atoms with van der Waals surface area (Å²) in [5, 5.41) is 0.542. The molecular formula is C14H17F3N4O6S. The number of sulfone groups is 1. The molecule has 10 nitrogen and oxygen atoms in total. The van der Waals surface area contributed by atoms with Gasteiger partial charge in [0.1, 0.15) is 0 Å². The minimum absolute atomic E-state index is 0.121. The molecule has 1 aliphatic rings. The fourth-order valence-electron chi connectivity index (χ4n) is 2.38. The van der Waals surface area contributed by atoms with Crippen molar-refractivity contribution in [3.8, 4) is 0 Å². The van der Waals surface area contributed by atoms with Gasteiger partial charge in [-0.25, -0.2) is 8.42 Å². The first kappa shape index (κ1) is 21.8. The van der Waals surface area contributed by atoms with Crippen LogP contribution in [0.5, 0.6) is 0 Å². The van der Waals surface area contributed by atoms with Crippen molar-refractivity contribution >= 4 is 27.6 Å². The predicted octanol–water partition coefficient (Wildman–Crippen LogP) is 0.146. The van der Waals surface area contributed by atoms with E-state index < -0.39 is 63.0 Å². The van der Waals surface area contributed by atoms with Crippen LogP contribution in [-0.2, 0) is 25.6 Å². The summed E-state index contributed by atoms with van der Waals surface area (Å²) >= 11 is 0. The van der Waals surface area contributed by atoms with Gasteiger partial charge in [0.25, 0.3) is 11.7 Å². The van der Waals surface area contributed by atoms with Crippen LogP contribution >= 0.6 is 0 Å². The van der Waals surface area contributed by atoms with Gasteiger partial charge in [0.2, 0.25) is 11.2 Å². The van der Waals surface area contributed by atoms with Gasteiger partial charge in [0.05, 0.1) is 5.75 Å². The Morgan fingerprint density at radius 3 is 2.36 bits per heavy atom. The maximum absolute atomic E-state index is 12.7. The monoisotopic (exact) mass is 426 g/mol. The highest BCUT2D eigenvalue weighted by Crippen LogP contribution is 2.32. The van der Waals surface area contributed by atoms with Crippen molar-refractivity contribution in [2.75, 3.05) is 12.3 Å². The first-order valence-corrected chi connectivity index (χ1v) is 9.87. The number of hydrogen-bond acceptors (Lipinski definition) is 8. The highest BCUT2D eigenvalue weighted by molar-refractivity contribution is 7.93. The molecule has 0 aliphatic heterocycles. The van der Waals surface area contributed by atoms with Crippen LogP contribution < -0.4 is 5.73 Å². The zero-order valence-electron chi connectivity index (χ0n) is 14.6. The molecule has 1 aliphatic carbocycles. The van der Waals surface area contributed by atoms with E-state index in [1.807, 2.05) is 0 Å². The van der Waals surface area contributed by atoms with Crippen molar-refractivity contribution in [2.45, 2.75) is 37.6 Å². The van der Waals surface area contributed by atoms with Crippen molar-refractivity contribution in [2.24, 2.45) is 11.7 Å². The second kappa shape index (κ2) is 7.85. The number of nitrogens with two attached hydrogens (primary N) is 1. The fraction of sp³-hybridized carbons (Fsp3) is 0.643. The Labute approximate surface area is 157 Å². The van der Waals surface area contributed by atoms with Crippen LogP contribution in [0.3, 0.4) is 0 Å². The number of nitrogens with zero attached hydrogens (tertiary/aromatic N) is 3. The zero-order valence-corrected chi connectivity index (χ0v) is 15.4. The number of aromatic nitrogens is 2. The van der Waals surface area contributed by atoms with Crippen molar-refractivity contribution in [1.82, 2.24) is 15.0 Å². The molecule has 2 rings (SSSR count). The summed E-state index contributed by atoms with van der Waals surface area (Å²) in [5.41, 5.74) is 5.08. The number of carbonyl (C=O) groups excluding carboxylic acids is 3. The summed E-state index contributed by atoms with van der Waals surface area (Å²) in [7, 11) is -4.32. The second-order valence-electron chi connectivity index (χ2n) is 6.27. The van der Waals surface area contributed by atoms with Crippen molar-refractivity contribution < 1.29 is 40.5 Å². The number of hydrogen-bond donors (Lipinski definition) is 1. The van der Waals surface area contributed by atoms with Gasteiger partial charge in [-0.3, -0.25) is 19.3 Å². The Kier molecular flexibility index (Phi) is 6.11. The Morgan fingerprint density at radius 1 is 1.32 bits per heavy atom. The third kappa shape index (κ3) is 4.85. The van der Waals surface area contributed by atoms with Crippen molar-refractivity contribution in [3.05, 3.63) is 11.7 Å². The minimum atomic E-state index is -5.02. The minimum Gasteiger partial charge on any atom is -0.368 e. The predicted molar refractivity (Wildman–Crippen MR) is 85.1 cm³/mol. The van der Waals surface area contributed by atoms with E-state index in [4.69, 9.17) is 5.73 Å². The van der Waals surface area contributed by atoms with Crippen LogP contribution in [-0.4, -0.2) is 58.7 Å². The number of halogens is 3. The molecule has 3 amide bonds. The number of alkyl halides is 3. The highest BCUT2D eigenvalue weighted by atomic mass is 32.2. The average Bonchev–Trinajstić information content (AvgIpc) is 3.20. The lowest BCUT2D eigenvalue weighted by molar-refractivity contribution is -0.159. The third-order valence-electron chi connectivity index (χ3n) is 3.82. The molecule has 1 fully saturated rings. The molecule has 1 saturated carbocycles. The van der Waals surface area contributed by atoms with E-state index in [0.717, 1.165) is 0 Å².